The summed E-state index contributed by atoms with van der Waals surface area (Å²) < 4.78 is 2.77. The zero-order valence-corrected chi connectivity index (χ0v) is 12.5. The maximum Gasteiger partial charge on any atom is 0.180 e. The van der Waals surface area contributed by atoms with Crippen LogP contribution in [0.4, 0.5) is 0 Å². The predicted molar refractivity (Wildman–Crippen MR) is 79.0 cm³/mol. The third-order valence-electron chi connectivity index (χ3n) is 2.44. The molecule has 0 unspecified atom stereocenters. The van der Waals surface area contributed by atoms with Crippen molar-refractivity contribution in [2.24, 2.45) is 0 Å². The molecule has 0 saturated carbocycles. The van der Waals surface area contributed by atoms with Crippen LogP contribution in [0.15, 0.2) is 30.6 Å². The summed E-state index contributed by atoms with van der Waals surface area (Å²) in [6, 6.07) is 5.60. The molecule has 0 aliphatic carbocycles. The molecule has 0 atom stereocenters. The zero-order chi connectivity index (χ0) is 12.7. The normalized spacial score (nSPS) is 11.1. The van der Waals surface area contributed by atoms with E-state index >= 15 is 0 Å². The van der Waals surface area contributed by atoms with Gasteiger partial charge in [0, 0.05) is 14.2 Å². The number of benzene rings is 1. The second-order valence-electron chi connectivity index (χ2n) is 3.57. The van der Waals surface area contributed by atoms with Crippen molar-refractivity contribution in [2.45, 2.75) is 0 Å². The SMILES string of the molecule is Clc1ccc(I)c(-c2nnc3cncc(Cl)n23)c1. The highest BCUT2D eigenvalue weighted by Gasteiger charge is 2.13. The van der Waals surface area contributed by atoms with E-state index in [2.05, 4.69) is 37.8 Å². The molecule has 0 amide bonds. The molecular weight excluding hydrogens is 386 g/mol. The van der Waals surface area contributed by atoms with Gasteiger partial charge in [-0.15, -0.1) is 10.2 Å². The first-order valence-corrected chi connectivity index (χ1v) is 6.80. The topological polar surface area (TPSA) is 43.1 Å². The van der Waals surface area contributed by atoms with Gasteiger partial charge in [0.05, 0.1) is 12.4 Å². The molecule has 1 aromatic carbocycles. The van der Waals surface area contributed by atoms with Crippen molar-refractivity contribution in [3.05, 3.63) is 44.3 Å². The van der Waals surface area contributed by atoms with Crippen molar-refractivity contribution < 1.29 is 0 Å². The molecule has 4 nitrogen and oxygen atoms in total. The van der Waals surface area contributed by atoms with Crippen LogP contribution in [0.1, 0.15) is 0 Å². The van der Waals surface area contributed by atoms with Gasteiger partial charge in [-0.25, -0.2) is 0 Å². The van der Waals surface area contributed by atoms with Gasteiger partial charge in [-0.2, -0.15) is 0 Å². The molecule has 0 aliphatic heterocycles. The van der Waals surface area contributed by atoms with Crippen molar-refractivity contribution in [3.63, 3.8) is 0 Å². The van der Waals surface area contributed by atoms with E-state index in [1.54, 1.807) is 16.8 Å². The van der Waals surface area contributed by atoms with Crippen molar-refractivity contribution in [1.29, 1.82) is 0 Å². The van der Waals surface area contributed by atoms with E-state index < -0.39 is 0 Å². The fourth-order valence-electron chi connectivity index (χ4n) is 1.66. The largest absolute Gasteiger partial charge is 0.262 e. The van der Waals surface area contributed by atoms with Gasteiger partial charge in [-0.3, -0.25) is 9.38 Å². The molecule has 0 aliphatic rings. The van der Waals surface area contributed by atoms with Crippen LogP contribution in [0.3, 0.4) is 0 Å². The van der Waals surface area contributed by atoms with Crippen molar-refractivity contribution in [1.82, 2.24) is 19.6 Å². The standard InChI is InChI=1S/C11H5Cl2IN4/c12-6-1-2-8(14)7(3-6)11-17-16-10-5-15-4-9(13)18(10)11/h1-5H. The number of fused-ring (bicyclic) bond motifs is 1. The van der Waals surface area contributed by atoms with Gasteiger partial charge in [0.2, 0.25) is 0 Å². The molecule has 0 fully saturated rings. The fraction of sp³-hybridized carbons (Fsp3) is 0. The molecule has 90 valence electrons. The lowest BCUT2D eigenvalue weighted by atomic mass is 10.2. The quantitative estimate of drug-likeness (QED) is 0.595. The third-order valence-corrected chi connectivity index (χ3v) is 3.88. The number of halogens is 3. The Labute approximate surface area is 126 Å². The number of hydrogen-bond donors (Lipinski definition) is 0. The molecule has 0 saturated heterocycles. The summed E-state index contributed by atoms with van der Waals surface area (Å²) in [5, 5.41) is 9.31. The second kappa shape index (κ2) is 4.64. The summed E-state index contributed by atoms with van der Waals surface area (Å²) in [7, 11) is 0. The zero-order valence-electron chi connectivity index (χ0n) is 8.81. The molecule has 18 heavy (non-hydrogen) atoms. The van der Waals surface area contributed by atoms with Crippen LogP contribution in [-0.4, -0.2) is 19.6 Å². The van der Waals surface area contributed by atoms with Crippen LogP contribution in [-0.2, 0) is 0 Å². The van der Waals surface area contributed by atoms with Gasteiger partial charge < -0.3 is 0 Å². The van der Waals surface area contributed by atoms with E-state index in [9.17, 15) is 0 Å². The molecule has 0 bridgehead atoms. The molecule has 2 heterocycles. The molecule has 0 N–H and O–H groups in total. The van der Waals surface area contributed by atoms with E-state index in [1.165, 1.54) is 0 Å². The highest BCUT2D eigenvalue weighted by molar-refractivity contribution is 14.1. The molecule has 0 spiro atoms. The van der Waals surface area contributed by atoms with Crippen molar-refractivity contribution in [2.75, 3.05) is 0 Å². The average Bonchev–Trinajstić information content (AvgIpc) is 2.77. The summed E-state index contributed by atoms with van der Waals surface area (Å²) in [5.74, 6) is 0.657. The Hall–Kier alpha value is -0.920. The van der Waals surface area contributed by atoms with Crippen LogP contribution in [0, 0.1) is 3.57 Å². The molecule has 3 rings (SSSR count). The van der Waals surface area contributed by atoms with E-state index in [1.807, 2.05) is 18.2 Å². The van der Waals surface area contributed by atoms with Crippen LogP contribution in [0.25, 0.3) is 17.0 Å². The minimum atomic E-state index is 0.461. The number of aromatic nitrogens is 4. The van der Waals surface area contributed by atoms with E-state index in [0.29, 0.717) is 21.6 Å². The van der Waals surface area contributed by atoms with Gasteiger partial charge in [0.1, 0.15) is 5.15 Å². The fourth-order valence-corrected chi connectivity index (χ4v) is 2.63. The van der Waals surface area contributed by atoms with Gasteiger partial charge in [-0.05, 0) is 40.8 Å². The first-order valence-electron chi connectivity index (χ1n) is 4.97. The minimum absolute atomic E-state index is 0.461. The molecular formula is C11H5Cl2IN4. The second-order valence-corrected chi connectivity index (χ2v) is 5.56. The Kier molecular flexibility index (Phi) is 3.13. The van der Waals surface area contributed by atoms with Gasteiger partial charge in [-0.1, -0.05) is 23.2 Å². The Morgan fingerprint density at radius 2 is 1.94 bits per heavy atom. The summed E-state index contributed by atoms with van der Waals surface area (Å²) in [5.41, 5.74) is 1.50. The minimum Gasteiger partial charge on any atom is -0.262 e. The Balaban J connectivity index is 2.35. The summed E-state index contributed by atoms with van der Waals surface area (Å²) in [4.78, 5) is 3.98. The van der Waals surface area contributed by atoms with Gasteiger partial charge in [0.15, 0.2) is 11.5 Å². The van der Waals surface area contributed by atoms with Crippen LogP contribution in [0.2, 0.25) is 10.2 Å². The highest BCUT2D eigenvalue weighted by Crippen LogP contribution is 2.28. The third kappa shape index (κ3) is 1.96. The number of hydrogen-bond acceptors (Lipinski definition) is 3. The van der Waals surface area contributed by atoms with Crippen LogP contribution >= 0.6 is 45.8 Å². The Morgan fingerprint density at radius 1 is 1.11 bits per heavy atom. The Morgan fingerprint density at radius 3 is 2.78 bits per heavy atom. The molecule has 7 heteroatoms. The summed E-state index contributed by atoms with van der Waals surface area (Å²) in [6.07, 6.45) is 3.17. The maximum atomic E-state index is 6.13. The van der Waals surface area contributed by atoms with Crippen LogP contribution in [0.5, 0.6) is 0 Å². The first kappa shape index (κ1) is 12.1. The highest BCUT2D eigenvalue weighted by atomic mass is 127. The molecule has 3 aromatic rings. The van der Waals surface area contributed by atoms with Gasteiger partial charge >= 0.3 is 0 Å². The monoisotopic (exact) mass is 390 g/mol. The lowest BCUT2D eigenvalue weighted by Gasteiger charge is -2.04. The van der Waals surface area contributed by atoms with E-state index in [4.69, 9.17) is 23.2 Å². The summed E-state index contributed by atoms with van der Waals surface area (Å²) >= 11 is 14.4. The van der Waals surface area contributed by atoms with Crippen LogP contribution < -0.4 is 0 Å². The predicted octanol–water partition coefficient (Wildman–Crippen LogP) is 3.70. The van der Waals surface area contributed by atoms with E-state index in [-0.39, 0.29) is 0 Å². The lowest BCUT2D eigenvalue weighted by Crippen LogP contribution is -1.94. The average molecular weight is 391 g/mol. The van der Waals surface area contributed by atoms with Crippen molar-refractivity contribution >= 4 is 51.4 Å². The maximum absolute atomic E-state index is 6.13. The molecule has 0 radical (unpaired) electrons. The Bertz CT molecular complexity index is 741. The van der Waals surface area contributed by atoms with E-state index in [0.717, 1.165) is 9.13 Å². The summed E-state index contributed by atoms with van der Waals surface area (Å²) in [6.45, 7) is 0. The smallest absolute Gasteiger partial charge is 0.180 e. The lowest BCUT2D eigenvalue weighted by molar-refractivity contribution is 1.11. The number of rotatable bonds is 1. The first-order chi connectivity index (χ1) is 8.66. The van der Waals surface area contributed by atoms with Gasteiger partial charge in [0.25, 0.3) is 0 Å². The van der Waals surface area contributed by atoms with Crippen molar-refractivity contribution in [3.8, 4) is 11.4 Å². The number of nitrogens with zero attached hydrogens (tertiary/aromatic N) is 4. The molecule has 2 aromatic heterocycles.